The topological polar surface area (TPSA) is 60.9 Å². The highest BCUT2D eigenvalue weighted by Gasteiger charge is 2.33. The average molecular weight is 395 g/mol. The Bertz CT molecular complexity index is 1160. The molecule has 0 aromatic carbocycles. The molecular weight excluding hydrogens is 368 g/mol. The van der Waals surface area contributed by atoms with E-state index in [0.29, 0.717) is 11.2 Å². The molecule has 1 aliphatic rings. The van der Waals surface area contributed by atoms with E-state index >= 15 is 0 Å². The molecule has 7 heteroatoms. The molecule has 146 valence electrons. The first-order chi connectivity index (χ1) is 13.5. The lowest BCUT2D eigenvalue weighted by molar-refractivity contribution is 0.184. The van der Waals surface area contributed by atoms with E-state index in [1.807, 2.05) is 32.8 Å². The highest BCUT2D eigenvalue weighted by Crippen LogP contribution is 2.44. The van der Waals surface area contributed by atoms with Crippen molar-refractivity contribution in [1.29, 1.82) is 0 Å². The molecule has 0 bridgehead atoms. The first kappa shape index (κ1) is 17.8. The third-order valence-electron chi connectivity index (χ3n) is 6.60. The van der Waals surface area contributed by atoms with Crippen LogP contribution in [-0.4, -0.2) is 29.4 Å². The van der Waals surface area contributed by atoms with E-state index in [2.05, 4.69) is 37.9 Å². The Balaban J connectivity index is 1.61. The summed E-state index contributed by atoms with van der Waals surface area (Å²) in [5.74, 6) is 1.41. The van der Waals surface area contributed by atoms with Gasteiger partial charge < -0.3 is 0 Å². The third kappa shape index (κ3) is 2.67. The van der Waals surface area contributed by atoms with Crippen LogP contribution in [0.3, 0.4) is 0 Å². The smallest absolute Gasteiger partial charge is 0.202 e. The maximum absolute atomic E-state index is 4.87. The Labute approximate surface area is 168 Å². The molecule has 5 rings (SSSR count). The Morgan fingerprint density at radius 2 is 2.11 bits per heavy atom. The van der Waals surface area contributed by atoms with Gasteiger partial charge in [0.15, 0.2) is 5.65 Å². The van der Waals surface area contributed by atoms with Crippen molar-refractivity contribution in [2.75, 3.05) is 0 Å². The molecule has 0 saturated heterocycles. The SMILES string of the molecule is CCn1ccc(-c2nc3c4c5c(sc4ncn3n2)CC(C(C)(C)CC)CC5)n1. The van der Waals surface area contributed by atoms with E-state index in [9.17, 15) is 0 Å². The van der Waals surface area contributed by atoms with Crippen LogP contribution in [0.2, 0.25) is 0 Å². The third-order valence-corrected chi connectivity index (χ3v) is 7.76. The molecule has 4 aromatic rings. The van der Waals surface area contributed by atoms with Crippen molar-refractivity contribution >= 4 is 27.2 Å². The lowest BCUT2D eigenvalue weighted by Crippen LogP contribution is -2.28. The lowest BCUT2D eigenvalue weighted by atomic mass is 9.70. The molecular formula is C21H26N6S. The quantitative estimate of drug-likeness (QED) is 0.500. The number of hydrogen-bond donors (Lipinski definition) is 0. The Morgan fingerprint density at radius 1 is 1.25 bits per heavy atom. The molecule has 1 aliphatic carbocycles. The molecule has 0 saturated carbocycles. The average Bonchev–Trinajstić information content (AvgIpc) is 3.41. The first-order valence-electron chi connectivity index (χ1n) is 10.2. The summed E-state index contributed by atoms with van der Waals surface area (Å²) in [6.07, 6.45) is 8.49. The second kappa shape index (κ2) is 6.37. The van der Waals surface area contributed by atoms with Gasteiger partial charge in [-0.05, 0) is 49.1 Å². The Kier molecular flexibility index (Phi) is 4.05. The van der Waals surface area contributed by atoms with Crippen LogP contribution < -0.4 is 0 Å². The van der Waals surface area contributed by atoms with Crippen LogP contribution in [0.1, 0.15) is 51.0 Å². The van der Waals surface area contributed by atoms with Gasteiger partial charge in [-0.3, -0.25) is 4.68 Å². The van der Waals surface area contributed by atoms with Crippen LogP contribution in [0.15, 0.2) is 18.6 Å². The van der Waals surface area contributed by atoms with Gasteiger partial charge in [0.05, 0.1) is 5.39 Å². The fourth-order valence-electron chi connectivity index (χ4n) is 4.30. The van der Waals surface area contributed by atoms with Crippen molar-refractivity contribution in [1.82, 2.24) is 29.4 Å². The molecule has 4 aromatic heterocycles. The van der Waals surface area contributed by atoms with Crippen molar-refractivity contribution in [3.05, 3.63) is 29.0 Å². The molecule has 4 heterocycles. The van der Waals surface area contributed by atoms with E-state index in [1.165, 1.54) is 28.7 Å². The molecule has 28 heavy (non-hydrogen) atoms. The summed E-state index contributed by atoms with van der Waals surface area (Å²) < 4.78 is 3.72. The molecule has 6 nitrogen and oxygen atoms in total. The molecule has 1 atom stereocenters. The largest absolute Gasteiger partial charge is 0.272 e. The Hall–Kier alpha value is -2.28. The van der Waals surface area contributed by atoms with Crippen molar-refractivity contribution in [3.8, 4) is 11.5 Å². The maximum Gasteiger partial charge on any atom is 0.202 e. The molecule has 1 unspecified atom stereocenters. The minimum atomic E-state index is 0.386. The number of nitrogens with zero attached hydrogens (tertiary/aromatic N) is 6. The van der Waals surface area contributed by atoms with E-state index in [4.69, 9.17) is 9.97 Å². The van der Waals surface area contributed by atoms with E-state index in [1.54, 1.807) is 6.33 Å². The molecule has 0 N–H and O–H groups in total. The van der Waals surface area contributed by atoms with Crippen LogP contribution in [0.25, 0.3) is 27.4 Å². The zero-order valence-electron chi connectivity index (χ0n) is 16.9. The number of fused-ring (bicyclic) bond motifs is 5. The van der Waals surface area contributed by atoms with Gasteiger partial charge >= 0.3 is 0 Å². The van der Waals surface area contributed by atoms with Crippen molar-refractivity contribution in [2.45, 2.75) is 59.9 Å². The van der Waals surface area contributed by atoms with Crippen LogP contribution >= 0.6 is 11.3 Å². The second-order valence-corrected chi connectivity index (χ2v) is 9.55. The summed E-state index contributed by atoms with van der Waals surface area (Å²) in [5.41, 5.74) is 3.56. The number of aryl methyl sites for hydroxylation is 2. The van der Waals surface area contributed by atoms with Crippen LogP contribution in [0.4, 0.5) is 0 Å². The van der Waals surface area contributed by atoms with E-state index in [-0.39, 0.29) is 0 Å². The minimum Gasteiger partial charge on any atom is -0.272 e. The van der Waals surface area contributed by atoms with Crippen LogP contribution in [-0.2, 0) is 19.4 Å². The predicted molar refractivity (Wildman–Crippen MR) is 113 cm³/mol. The fourth-order valence-corrected chi connectivity index (χ4v) is 5.56. The standard InChI is InChI=1S/C21H26N6S/c1-5-21(3,4)13-7-8-14-16(11-13)28-20-17(14)19-23-18(25-27(19)12-22-20)15-9-10-26(6-2)24-15/h9-10,12-13H,5-8,11H2,1-4H3. The van der Waals surface area contributed by atoms with Gasteiger partial charge in [-0.1, -0.05) is 27.2 Å². The first-order valence-corrected chi connectivity index (χ1v) is 11.0. The zero-order valence-corrected chi connectivity index (χ0v) is 17.8. The predicted octanol–water partition coefficient (Wildman–Crippen LogP) is 4.76. The zero-order chi connectivity index (χ0) is 19.5. The number of hydrogen-bond acceptors (Lipinski definition) is 5. The van der Waals surface area contributed by atoms with Crippen molar-refractivity contribution in [2.24, 2.45) is 11.3 Å². The number of aromatic nitrogens is 6. The number of rotatable bonds is 4. The summed E-state index contributed by atoms with van der Waals surface area (Å²) >= 11 is 1.85. The molecule has 0 fully saturated rings. The van der Waals surface area contributed by atoms with Gasteiger partial charge in [0.1, 0.15) is 16.9 Å². The van der Waals surface area contributed by atoms with Gasteiger partial charge in [0.2, 0.25) is 5.82 Å². The summed E-state index contributed by atoms with van der Waals surface area (Å²) in [6, 6.07) is 1.98. The van der Waals surface area contributed by atoms with Gasteiger partial charge in [0, 0.05) is 17.6 Å². The highest BCUT2D eigenvalue weighted by molar-refractivity contribution is 7.19. The second-order valence-electron chi connectivity index (χ2n) is 8.47. The highest BCUT2D eigenvalue weighted by atomic mass is 32.1. The lowest BCUT2D eigenvalue weighted by Gasteiger charge is -2.36. The fraction of sp³-hybridized carbons (Fsp3) is 0.524. The van der Waals surface area contributed by atoms with Crippen molar-refractivity contribution < 1.29 is 0 Å². The van der Waals surface area contributed by atoms with Crippen molar-refractivity contribution in [3.63, 3.8) is 0 Å². The monoisotopic (exact) mass is 394 g/mol. The number of thiophene rings is 1. The molecule has 0 spiro atoms. The summed E-state index contributed by atoms with van der Waals surface area (Å²) in [4.78, 5) is 12.2. The van der Waals surface area contributed by atoms with Gasteiger partial charge in [-0.2, -0.15) is 5.10 Å². The van der Waals surface area contributed by atoms with E-state index < -0.39 is 0 Å². The minimum absolute atomic E-state index is 0.386. The normalized spacial score (nSPS) is 17.5. The van der Waals surface area contributed by atoms with Gasteiger partial charge in [-0.15, -0.1) is 16.4 Å². The molecule has 0 radical (unpaired) electrons. The summed E-state index contributed by atoms with van der Waals surface area (Å²) in [7, 11) is 0. The molecule has 0 amide bonds. The van der Waals surface area contributed by atoms with Crippen LogP contribution in [0, 0.1) is 11.3 Å². The summed E-state index contributed by atoms with van der Waals surface area (Å²) in [6.45, 7) is 10.0. The Morgan fingerprint density at radius 3 is 2.86 bits per heavy atom. The van der Waals surface area contributed by atoms with Gasteiger partial charge in [-0.25, -0.2) is 14.5 Å². The summed E-state index contributed by atoms with van der Waals surface area (Å²) in [5, 5.41) is 10.4. The molecule has 0 aliphatic heterocycles. The van der Waals surface area contributed by atoms with Crippen LogP contribution in [0.5, 0.6) is 0 Å². The van der Waals surface area contributed by atoms with E-state index in [0.717, 1.165) is 41.5 Å². The maximum atomic E-state index is 4.87. The van der Waals surface area contributed by atoms with Gasteiger partial charge in [0.25, 0.3) is 0 Å².